The first kappa shape index (κ1) is 13.5. The minimum absolute atomic E-state index is 0.0738. The third-order valence-electron chi connectivity index (χ3n) is 2.47. The Kier molecular flexibility index (Phi) is 5.46. The summed E-state index contributed by atoms with van der Waals surface area (Å²) < 4.78 is 5.47. The number of ether oxygens (including phenoxy) is 1. The van der Waals surface area contributed by atoms with Crippen molar-refractivity contribution in [2.45, 2.75) is 33.1 Å². The van der Waals surface area contributed by atoms with Gasteiger partial charge < -0.3 is 4.74 Å². The second kappa shape index (κ2) is 6.89. The molecule has 0 aliphatic rings. The maximum absolute atomic E-state index is 10.6. The van der Waals surface area contributed by atoms with Crippen LogP contribution in [0.4, 0.5) is 5.69 Å². The summed E-state index contributed by atoms with van der Waals surface area (Å²) in [6, 6.07) is 6.31. The van der Waals surface area contributed by atoms with Crippen molar-refractivity contribution >= 4 is 5.69 Å². The van der Waals surface area contributed by atoms with E-state index in [1.165, 1.54) is 18.6 Å². The van der Waals surface area contributed by atoms with Crippen LogP contribution in [0.5, 0.6) is 5.75 Å². The van der Waals surface area contributed by atoms with Crippen molar-refractivity contribution in [3.63, 3.8) is 0 Å². The second-order valence-corrected chi connectivity index (χ2v) is 4.49. The van der Waals surface area contributed by atoms with Crippen LogP contribution in [-0.2, 0) is 0 Å². The standard InChI is InChI=1S/C13H19NO3/c1-11(2)6-3-4-9-17-13-8-5-7-12(10-13)14(15)16/h5,7-8,10-11H,3-4,6,9H2,1-2H3. The Morgan fingerprint density at radius 2 is 2.12 bits per heavy atom. The summed E-state index contributed by atoms with van der Waals surface area (Å²) in [5.41, 5.74) is 0.0738. The van der Waals surface area contributed by atoms with Gasteiger partial charge in [-0.05, 0) is 24.8 Å². The van der Waals surface area contributed by atoms with Crippen LogP contribution in [0.1, 0.15) is 33.1 Å². The Balaban J connectivity index is 2.31. The highest BCUT2D eigenvalue weighted by Gasteiger charge is 2.05. The molecular formula is C13H19NO3. The first-order chi connectivity index (χ1) is 8.09. The lowest BCUT2D eigenvalue weighted by atomic mass is 10.1. The third kappa shape index (κ3) is 5.33. The van der Waals surface area contributed by atoms with Gasteiger partial charge in [-0.25, -0.2) is 0 Å². The van der Waals surface area contributed by atoms with Crippen molar-refractivity contribution in [3.8, 4) is 5.75 Å². The molecule has 0 bridgehead atoms. The van der Waals surface area contributed by atoms with Crippen LogP contribution in [0.3, 0.4) is 0 Å². The SMILES string of the molecule is CC(C)CCCCOc1cccc([N+](=O)[O-])c1. The van der Waals surface area contributed by atoms with E-state index in [1.807, 2.05) is 0 Å². The van der Waals surface area contributed by atoms with Crippen molar-refractivity contribution in [2.24, 2.45) is 5.92 Å². The van der Waals surface area contributed by atoms with Crippen LogP contribution in [0, 0.1) is 16.0 Å². The van der Waals surface area contributed by atoms with E-state index in [4.69, 9.17) is 4.74 Å². The molecule has 4 heteroatoms. The van der Waals surface area contributed by atoms with Gasteiger partial charge in [-0.3, -0.25) is 10.1 Å². The summed E-state index contributed by atoms with van der Waals surface area (Å²) in [6.07, 6.45) is 3.31. The zero-order valence-electron chi connectivity index (χ0n) is 10.4. The maximum atomic E-state index is 10.6. The fourth-order valence-corrected chi connectivity index (χ4v) is 1.53. The molecule has 17 heavy (non-hydrogen) atoms. The summed E-state index contributed by atoms with van der Waals surface area (Å²) in [6.45, 7) is 5.01. The van der Waals surface area contributed by atoms with Crippen LogP contribution in [0.15, 0.2) is 24.3 Å². The molecule has 0 N–H and O–H groups in total. The molecule has 0 heterocycles. The first-order valence-corrected chi connectivity index (χ1v) is 5.97. The molecule has 1 aromatic rings. The van der Waals surface area contributed by atoms with Crippen LogP contribution in [0.25, 0.3) is 0 Å². The number of hydrogen-bond acceptors (Lipinski definition) is 3. The van der Waals surface area contributed by atoms with E-state index in [-0.39, 0.29) is 5.69 Å². The molecule has 0 atom stereocenters. The van der Waals surface area contributed by atoms with Gasteiger partial charge >= 0.3 is 0 Å². The molecule has 4 nitrogen and oxygen atoms in total. The van der Waals surface area contributed by atoms with Crippen molar-refractivity contribution < 1.29 is 9.66 Å². The molecule has 0 unspecified atom stereocenters. The van der Waals surface area contributed by atoms with Crippen molar-refractivity contribution in [1.29, 1.82) is 0 Å². The summed E-state index contributed by atoms with van der Waals surface area (Å²) >= 11 is 0. The highest BCUT2D eigenvalue weighted by Crippen LogP contribution is 2.19. The van der Waals surface area contributed by atoms with E-state index in [0.29, 0.717) is 18.3 Å². The highest BCUT2D eigenvalue weighted by molar-refractivity contribution is 5.37. The van der Waals surface area contributed by atoms with Gasteiger partial charge in [-0.1, -0.05) is 26.3 Å². The second-order valence-electron chi connectivity index (χ2n) is 4.49. The van der Waals surface area contributed by atoms with Gasteiger partial charge in [0.25, 0.3) is 5.69 Å². The van der Waals surface area contributed by atoms with E-state index in [9.17, 15) is 10.1 Å². The van der Waals surface area contributed by atoms with Crippen LogP contribution in [-0.4, -0.2) is 11.5 Å². The molecule has 0 saturated carbocycles. The smallest absolute Gasteiger partial charge is 0.273 e. The minimum Gasteiger partial charge on any atom is -0.493 e. The average molecular weight is 237 g/mol. The Labute approximate surface area is 102 Å². The molecule has 0 amide bonds. The number of benzene rings is 1. The fourth-order valence-electron chi connectivity index (χ4n) is 1.53. The molecule has 0 aliphatic heterocycles. The van der Waals surface area contributed by atoms with Crippen molar-refractivity contribution in [1.82, 2.24) is 0 Å². The Morgan fingerprint density at radius 1 is 1.35 bits per heavy atom. The number of unbranched alkanes of at least 4 members (excludes halogenated alkanes) is 1. The highest BCUT2D eigenvalue weighted by atomic mass is 16.6. The largest absolute Gasteiger partial charge is 0.493 e. The van der Waals surface area contributed by atoms with E-state index in [2.05, 4.69) is 13.8 Å². The van der Waals surface area contributed by atoms with Gasteiger partial charge in [0.1, 0.15) is 5.75 Å². The number of nitro groups is 1. The van der Waals surface area contributed by atoms with E-state index >= 15 is 0 Å². The van der Waals surface area contributed by atoms with Gasteiger partial charge in [0.05, 0.1) is 17.6 Å². The molecule has 0 aromatic heterocycles. The molecule has 0 aliphatic carbocycles. The monoisotopic (exact) mass is 237 g/mol. The maximum Gasteiger partial charge on any atom is 0.273 e. The topological polar surface area (TPSA) is 52.4 Å². The zero-order valence-corrected chi connectivity index (χ0v) is 10.4. The summed E-state index contributed by atoms with van der Waals surface area (Å²) in [5.74, 6) is 1.29. The lowest BCUT2D eigenvalue weighted by Gasteiger charge is -2.07. The third-order valence-corrected chi connectivity index (χ3v) is 2.47. The Bertz CT molecular complexity index is 363. The van der Waals surface area contributed by atoms with Gasteiger partial charge in [-0.15, -0.1) is 0 Å². The van der Waals surface area contributed by atoms with Crippen molar-refractivity contribution in [3.05, 3.63) is 34.4 Å². The molecule has 0 fully saturated rings. The van der Waals surface area contributed by atoms with Crippen LogP contribution >= 0.6 is 0 Å². The Hall–Kier alpha value is -1.58. The summed E-state index contributed by atoms with van der Waals surface area (Å²) in [7, 11) is 0. The van der Waals surface area contributed by atoms with Gasteiger partial charge in [0.15, 0.2) is 0 Å². The van der Waals surface area contributed by atoms with Crippen molar-refractivity contribution in [2.75, 3.05) is 6.61 Å². The quantitative estimate of drug-likeness (QED) is 0.411. The molecule has 1 rings (SSSR count). The molecule has 0 radical (unpaired) electrons. The predicted octanol–water partition coefficient (Wildman–Crippen LogP) is 3.80. The molecule has 0 spiro atoms. The zero-order chi connectivity index (χ0) is 12.7. The summed E-state index contributed by atoms with van der Waals surface area (Å²) in [4.78, 5) is 10.1. The molecule has 0 saturated heterocycles. The molecular weight excluding hydrogens is 218 g/mol. The van der Waals surface area contributed by atoms with E-state index in [0.717, 1.165) is 12.8 Å². The lowest BCUT2D eigenvalue weighted by Crippen LogP contribution is -1.99. The molecule has 94 valence electrons. The number of rotatable bonds is 7. The van der Waals surface area contributed by atoms with Gasteiger partial charge in [-0.2, -0.15) is 0 Å². The Morgan fingerprint density at radius 3 is 2.76 bits per heavy atom. The van der Waals surface area contributed by atoms with Crippen LogP contribution < -0.4 is 4.74 Å². The average Bonchev–Trinajstić information content (AvgIpc) is 2.28. The normalized spacial score (nSPS) is 10.5. The number of nitro benzene ring substituents is 1. The number of non-ortho nitro benzene ring substituents is 1. The van der Waals surface area contributed by atoms with Gasteiger partial charge in [0.2, 0.25) is 0 Å². The first-order valence-electron chi connectivity index (χ1n) is 5.97. The predicted molar refractivity (Wildman–Crippen MR) is 67.3 cm³/mol. The number of hydrogen-bond donors (Lipinski definition) is 0. The van der Waals surface area contributed by atoms with E-state index < -0.39 is 4.92 Å². The summed E-state index contributed by atoms with van der Waals surface area (Å²) in [5, 5.41) is 10.6. The lowest BCUT2D eigenvalue weighted by molar-refractivity contribution is -0.384. The minimum atomic E-state index is -0.411. The van der Waals surface area contributed by atoms with Crippen LogP contribution in [0.2, 0.25) is 0 Å². The molecule has 1 aromatic carbocycles. The fraction of sp³-hybridized carbons (Fsp3) is 0.538. The number of nitrogens with zero attached hydrogens (tertiary/aromatic N) is 1. The van der Waals surface area contributed by atoms with Gasteiger partial charge in [0, 0.05) is 6.07 Å². The van der Waals surface area contributed by atoms with E-state index in [1.54, 1.807) is 12.1 Å².